The lowest BCUT2D eigenvalue weighted by Crippen LogP contribution is -2.47. The van der Waals surface area contributed by atoms with E-state index in [1.807, 2.05) is 22.4 Å². The largest absolute Gasteiger partial charge is 0.491 e. The molecule has 0 radical (unpaired) electrons. The fourth-order valence-electron chi connectivity index (χ4n) is 4.97. The minimum absolute atomic E-state index is 0.0159. The maximum Gasteiger partial charge on any atom is 0.491 e. The number of aromatic nitrogens is 3. The molecule has 216 valence electrons. The molecule has 40 heavy (non-hydrogen) atoms. The van der Waals surface area contributed by atoms with E-state index in [4.69, 9.17) is 33.2 Å². The van der Waals surface area contributed by atoms with Gasteiger partial charge in [0, 0.05) is 53.0 Å². The van der Waals surface area contributed by atoms with Crippen LogP contribution < -0.4 is 10.8 Å². The topological polar surface area (TPSA) is 111 Å². The Kier molecular flexibility index (Phi) is 12.8. The van der Waals surface area contributed by atoms with E-state index in [1.165, 1.54) is 49.3 Å². The fourth-order valence-corrected chi connectivity index (χ4v) is 6.27. The number of halogens is 2. The highest BCUT2D eigenvalue weighted by Gasteiger charge is 2.31. The van der Waals surface area contributed by atoms with Gasteiger partial charge in [0.25, 0.3) is 5.91 Å². The summed E-state index contributed by atoms with van der Waals surface area (Å²) in [6.45, 7) is 8.74. The van der Waals surface area contributed by atoms with Crippen LogP contribution in [-0.4, -0.2) is 67.1 Å². The summed E-state index contributed by atoms with van der Waals surface area (Å²) in [5.41, 5.74) is 1.50. The molecule has 0 bridgehead atoms. The first kappa shape index (κ1) is 32.4. The normalized spacial score (nSPS) is 22.4. The van der Waals surface area contributed by atoms with E-state index in [9.17, 15) is 4.79 Å². The van der Waals surface area contributed by atoms with E-state index in [1.54, 1.807) is 12.3 Å². The Morgan fingerprint density at radius 3 is 2.02 bits per heavy atom. The van der Waals surface area contributed by atoms with Crippen LogP contribution in [-0.2, 0) is 0 Å². The van der Waals surface area contributed by atoms with Crippen molar-refractivity contribution in [1.82, 2.24) is 25.2 Å². The van der Waals surface area contributed by atoms with Crippen molar-refractivity contribution in [3.63, 3.8) is 0 Å². The van der Waals surface area contributed by atoms with Crippen LogP contribution in [0.25, 0.3) is 10.6 Å². The van der Waals surface area contributed by atoms with Crippen molar-refractivity contribution in [3.05, 3.63) is 58.0 Å². The van der Waals surface area contributed by atoms with Gasteiger partial charge >= 0.3 is 7.12 Å². The molecule has 0 aliphatic carbocycles. The molecule has 12 heteroatoms. The summed E-state index contributed by atoms with van der Waals surface area (Å²) < 4.78 is 0. The lowest BCUT2D eigenvalue weighted by molar-refractivity contribution is 0.0505. The molecule has 5 heterocycles. The van der Waals surface area contributed by atoms with Gasteiger partial charge in [-0.05, 0) is 78.0 Å². The monoisotopic (exact) mass is 605 g/mol. The SMILES string of the molecule is CC1CCCC(C)N1.CC1CCCC(C)N1C(=O)c1csc(-c2cccnc2Cl)n1.OB(O)c1cccnc1Cl. The number of piperidine rings is 2. The van der Waals surface area contributed by atoms with Crippen molar-refractivity contribution >= 4 is 53.0 Å². The molecule has 3 aromatic rings. The molecule has 4 atom stereocenters. The van der Waals surface area contributed by atoms with E-state index in [0.717, 1.165) is 35.5 Å². The van der Waals surface area contributed by atoms with Gasteiger partial charge in [-0.1, -0.05) is 35.7 Å². The molecule has 3 N–H and O–H groups in total. The zero-order valence-electron chi connectivity index (χ0n) is 23.4. The van der Waals surface area contributed by atoms with Gasteiger partial charge in [0.2, 0.25) is 0 Å². The zero-order valence-corrected chi connectivity index (χ0v) is 25.8. The van der Waals surface area contributed by atoms with Crippen LogP contribution >= 0.6 is 34.5 Å². The maximum atomic E-state index is 12.8. The van der Waals surface area contributed by atoms with Crippen molar-refractivity contribution in [2.75, 3.05) is 0 Å². The van der Waals surface area contributed by atoms with Gasteiger partial charge in [0.1, 0.15) is 21.0 Å². The first-order valence-electron chi connectivity index (χ1n) is 13.7. The summed E-state index contributed by atoms with van der Waals surface area (Å²) in [6.07, 6.45) is 10.6. The second kappa shape index (κ2) is 15.8. The minimum Gasteiger partial charge on any atom is -0.423 e. The first-order valence-corrected chi connectivity index (χ1v) is 15.3. The van der Waals surface area contributed by atoms with Crippen LogP contribution in [0.15, 0.2) is 42.0 Å². The van der Waals surface area contributed by atoms with E-state index in [0.29, 0.717) is 10.8 Å². The standard InChI is InChI=1S/C16H18ClN3OS.C7H15N.C5H5BClNO2/c1-10-5-3-6-11(2)20(10)16(21)13-9-22-15(19-13)12-7-4-8-18-14(12)17;1-6-4-3-5-7(2)8-6;7-5-4(6(9)10)2-1-3-8-5/h4,7-11H,3,5-6H2,1-2H3;6-8H,3-5H2,1-2H3;1-3,9-10H. The Bertz CT molecular complexity index is 1220. The molecule has 2 fully saturated rings. The van der Waals surface area contributed by atoms with Crippen LogP contribution in [0.4, 0.5) is 0 Å². The van der Waals surface area contributed by atoms with Gasteiger partial charge in [-0.25, -0.2) is 15.0 Å². The van der Waals surface area contributed by atoms with Gasteiger partial charge in [0.15, 0.2) is 0 Å². The molecule has 2 saturated heterocycles. The fraction of sp³-hybridized carbons (Fsp3) is 0.500. The van der Waals surface area contributed by atoms with Crippen molar-refractivity contribution in [1.29, 1.82) is 0 Å². The maximum absolute atomic E-state index is 12.8. The van der Waals surface area contributed by atoms with Crippen LogP contribution in [0.3, 0.4) is 0 Å². The van der Waals surface area contributed by atoms with Gasteiger partial charge in [-0.3, -0.25) is 4.79 Å². The second-order valence-electron chi connectivity index (χ2n) is 10.4. The number of nitrogens with one attached hydrogen (secondary N) is 1. The number of likely N-dealkylation sites (tertiary alicyclic amines) is 1. The summed E-state index contributed by atoms with van der Waals surface area (Å²) in [6, 6.07) is 8.83. The van der Waals surface area contributed by atoms with Gasteiger partial charge in [0.05, 0.1) is 0 Å². The number of hydrogen-bond acceptors (Lipinski definition) is 8. The van der Waals surface area contributed by atoms with Gasteiger partial charge in [-0.15, -0.1) is 11.3 Å². The second-order valence-corrected chi connectivity index (χ2v) is 12.0. The molecule has 2 aliphatic heterocycles. The summed E-state index contributed by atoms with van der Waals surface area (Å²) in [4.78, 5) is 26.9. The summed E-state index contributed by atoms with van der Waals surface area (Å²) in [5.74, 6) is 0.0159. The summed E-state index contributed by atoms with van der Waals surface area (Å²) in [7, 11) is -1.54. The minimum atomic E-state index is -1.54. The van der Waals surface area contributed by atoms with E-state index >= 15 is 0 Å². The molecular formula is C28H38BCl2N5O3S. The summed E-state index contributed by atoms with van der Waals surface area (Å²) in [5, 5.41) is 23.8. The Balaban J connectivity index is 0.000000201. The van der Waals surface area contributed by atoms with Crippen molar-refractivity contribution in [2.24, 2.45) is 0 Å². The predicted octanol–water partition coefficient (Wildman–Crippen LogP) is 5.21. The molecule has 8 nitrogen and oxygen atoms in total. The number of carbonyl (C=O) groups is 1. The molecule has 3 aromatic heterocycles. The Morgan fingerprint density at radius 1 is 0.950 bits per heavy atom. The van der Waals surface area contributed by atoms with Gasteiger partial charge < -0.3 is 20.3 Å². The van der Waals surface area contributed by atoms with Crippen LogP contribution in [0, 0.1) is 0 Å². The molecule has 0 spiro atoms. The quantitative estimate of drug-likeness (QED) is 0.277. The summed E-state index contributed by atoms with van der Waals surface area (Å²) >= 11 is 13.0. The van der Waals surface area contributed by atoms with Crippen LogP contribution in [0.5, 0.6) is 0 Å². The molecule has 5 rings (SSSR count). The molecule has 1 amide bonds. The highest BCUT2D eigenvalue weighted by atomic mass is 35.5. The average Bonchev–Trinajstić information content (AvgIpc) is 3.40. The number of amides is 1. The number of carbonyl (C=O) groups excluding carboxylic acids is 1. The Hall–Kier alpha value is -2.08. The lowest BCUT2D eigenvalue weighted by Gasteiger charge is -2.38. The van der Waals surface area contributed by atoms with Crippen molar-refractivity contribution in [3.8, 4) is 10.6 Å². The van der Waals surface area contributed by atoms with Gasteiger partial charge in [-0.2, -0.15) is 0 Å². The molecular weight excluding hydrogens is 568 g/mol. The average molecular weight is 606 g/mol. The predicted molar refractivity (Wildman–Crippen MR) is 164 cm³/mol. The Labute approximate surface area is 251 Å². The number of rotatable bonds is 3. The smallest absolute Gasteiger partial charge is 0.423 e. The number of hydrogen-bond donors (Lipinski definition) is 3. The van der Waals surface area contributed by atoms with Crippen molar-refractivity contribution < 1.29 is 14.8 Å². The molecule has 4 unspecified atom stereocenters. The third kappa shape index (κ3) is 9.22. The first-order chi connectivity index (χ1) is 19.1. The van der Waals surface area contributed by atoms with Crippen LogP contribution in [0.2, 0.25) is 10.3 Å². The number of thiazole rings is 1. The van der Waals surface area contributed by atoms with Crippen molar-refractivity contribution in [2.45, 2.75) is 90.4 Å². The third-order valence-corrected chi connectivity index (χ3v) is 8.54. The number of pyridine rings is 2. The highest BCUT2D eigenvalue weighted by molar-refractivity contribution is 7.13. The molecule has 0 aromatic carbocycles. The zero-order chi connectivity index (χ0) is 29.2. The lowest BCUT2D eigenvalue weighted by atomic mass is 9.82. The molecule has 2 aliphatic rings. The van der Waals surface area contributed by atoms with Crippen LogP contribution in [0.1, 0.15) is 76.7 Å². The van der Waals surface area contributed by atoms with E-state index < -0.39 is 7.12 Å². The Morgan fingerprint density at radius 2 is 1.52 bits per heavy atom. The highest BCUT2D eigenvalue weighted by Crippen LogP contribution is 2.30. The van der Waals surface area contributed by atoms with E-state index in [2.05, 4.69) is 48.0 Å². The molecule has 0 saturated carbocycles. The van der Waals surface area contributed by atoms with E-state index in [-0.39, 0.29) is 28.6 Å². The third-order valence-electron chi connectivity index (χ3n) is 7.05. The number of nitrogens with zero attached hydrogens (tertiary/aromatic N) is 4.